The van der Waals surface area contributed by atoms with Crippen LogP contribution in [0, 0.1) is 5.92 Å². The van der Waals surface area contributed by atoms with E-state index in [2.05, 4.69) is 54.5 Å². The second-order valence-corrected chi connectivity index (χ2v) is 6.74. The summed E-state index contributed by atoms with van der Waals surface area (Å²) in [7, 11) is 0. The number of nitrogens with zero attached hydrogens (tertiary/aromatic N) is 3. The number of rotatable bonds is 4. The Balaban J connectivity index is 1.99. The average Bonchev–Trinajstić information content (AvgIpc) is 2.86. The fourth-order valence-corrected chi connectivity index (χ4v) is 3.44. The Morgan fingerprint density at radius 3 is 2.48 bits per heavy atom. The molecule has 3 nitrogen and oxygen atoms in total. The molecule has 1 saturated heterocycles. The summed E-state index contributed by atoms with van der Waals surface area (Å²) >= 11 is 0. The Morgan fingerprint density at radius 1 is 1.05 bits per heavy atom. The minimum Gasteiger partial charge on any atom is -0.326 e. The summed E-state index contributed by atoms with van der Waals surface area (Å²) in [5.41, 5.74) is 2.42. The first-order chi connectivity index (χ1) is 10.2. The smallest absolute Gasteiger partial charge is 0.127 e. The molecule has 21 heavy (non-hydrogen) atoms. The van der Waals surface area contributed by atoms with E-state index < -0.39 is 0 Å². The van der Waals surface area contributed by atoms with E-state index in [1.54, 1.807) is 0 Å². The average molecular weight is 285 g/mol. The number of imidazole rings is 1. The molecule has 0 aliphatic carbocycles. The molecule has 1 atom stereocenters. The van der Waals surface area contributed by atoms with Crippen molar-refractivity contribution < 1.29 is 0 Å². The molecule has 3 rings (SSSR count). The van der Waals surface area contributed by atoms with Gasteiger partial charge in [0.05, 0.1) is 17.1 Å². The zero-order valence-electron chi connectivity index (χ0n) is 13.5. The van der Waals surface area contributed by atoms with Crippen molar-refractivity contribution in [1.82, 2.24) is 14.5 Å². The number of fused-ring (bicyclic) bond motifs is 1. The van der Waals surface area contributed by atoms with Crippen LogP contribution in [-0.4, -0.2) is 27.5 Å². The van der Waals surface area contributed by atoms with Gasteiger partial charge in [-0.2, -0.15) is 0 Å². The van der Waals surface area contributed by atoms with Gasteiger partial charge in [-0.15, -0.1) is 0 Å². The van der Waals surface area contributed by atoms with Crippen molar-refractivity contribution in [1.29, 1.82) is 0 Å². The third-order valence-corrected chi connectivity index (χ3v) is 4.54. The number of para-hydroxylation sites is 2. The van der Waals surface area contributed by atoms with E-state index in [4.69, 9.17) is 4.98 Å². The van der Waals surface area contributed by atoms with Crippen molar-refractivity contribution in [2.24, 2.45) is 5.92 Å². The minimum atomic E-state index is 0.413. The summed E-state index contributed by atoms with van der Waals surface area (Å²) in [5, 5.41) is 0. The van der Waals surface area contributed by atoms with Crippen LogP contribution in [0.25, 0.3) is 11.0 Å². The van der Waals surface area contributed by atoms with Crippen LogP contribution >= 0.6 is 0 Å². The van der Waals surface area contributed by atoms with Crippen molar-refractivity contribution in [3.8, 4) is 0 Å². The van der Waals surface area contributed by atoms with Crippen LogP contribution in [0.5, 0.6) is 0 Å². The van der Waals surface area contributed by atoms with Gasteiger partial charge in [-0.3, -0.25) is 4.90 Å². The SMILES string of the molecule is CC(C)Cn1c([C@@H](C)N2CCCCC2)nc2ccccc21. The van der Waals surface area contributed by atoms with Crippen LogP contribution in [0.1, 0.15) is 51.9 Å². The molecule has 0 spiro atoms. The van der Waals surface area contributed by atoms with Crippen molar-refractivity contribution in [2.75, 3.05) is 13.1 Å². The molecule has 0 unspecified atom stereocenters. The molecule has 0 amide bonds. The third kappa shape index (κ3) is 2.98. The van der Waals surface area contributed by atoms with Crippen molar-refractivity contribution in [3.63, 3.8) is 0 Å². The highest BCUT2D eigenvalue weighted by atomic mass is 15.2. The standard InChI is InChI=1S/C18H27N3/c1-14(2)13-21-17-10-6-5-9-16(17)19-18(21)15(3)20-11-7-4-8-12-20/h5-6,9-10,14-15H,4,7-8,11-13H2,1-3H3/t15-/m1/s1. The first-order valence-corrected chi connectivity index (χ1v) is 8.36. The molecule has 1 aliphatic rings. The summed E-state index contributed by atoms with van der Waals surface area (Å²) in [6.07, 6.45) is 4.04. The van der Waals surface area contributed by atoms with E-state index >= 15 is 0 Å². The molecule has 2 aromatic rings. The highest BCUT2D eigenvalue weighted by Crippen LogP contribution is 2.27. The number of hydrogen-bond acceptors (Lipinski definition) is 2. The van der Waals surface area contributed by atoms with E-state index in [1.165, 1.54) is 43.7 Å². The van der Waals surface area contributed by atoms with E-state index in [0.29, 0.717) is 12.0 Å². The van der Waals surface area contributed by atoms with Gasteiger partial charge in [0.15, 0.2) is 0 Å². The maximum absolute atomic E-state index is 4.96. The fourth-order valence-electron chi connectivity index (χ4n) is 3.44. The molecule has 1 aliphatic heterocycles. The van der Waals surface area contributed by atoms with E-state index in [1.807, 2.05) is 0 Å². The van der Waals surface area contributed by atoms with Gasteiger partial charge in [0, 0.05) is 6.54 Å². The van der Waals surface area contributed by atoms with Gasteiger partial charge in [0.25, 0.3) is 0 Å². The first-order valence-electron chi connectivity index (χ1n) is 8.36. The second-order valence-electron chi connectivity index (χ2n) is 6.74. The molecule has 0 N–H and O–H groups in total. The summed E-state index contributed by atoms with van der Waals surface area (Å²) in [6.45, 7) is 10.4. The van der Waals surface area contributed by atoms with Crippen molar-refractivity contribution in [2.45, 2.75) is 52.6 Å². The maximum Gasteiger partial charge on any atom is 0.127 e. The highest BCUT2D eigenvalue weighted by molar-refractivity contribution is 5.76. The van der Waals surface area contributed by atoms with Gasteiger partial charge in [-0.25, -0.2) is 4.98 Å². The molecule has 114 valence electrons. The van der Waals surface area contributed by atoms with Gasteiger partial charge in [0.1, 0.15) is 5.82 Å². The van der Waals surface area contributed by atoms with E-state index in [0.717, 1.165) is 12.1 Å². The predicted molar refractivity (Wildman–Crippen MR) is 88.4 cm³/mol. The molecule has 0 saturated carbocycles. The lowest BCUT2D eigenvalue weighted by atomic mass is 10.1. The van der Waals surface area contributed by atoms with Gasteiger partial charge in [-0.1, -0.05) is 32.4 Å². The minimum absolute atomic E-state index is 0.413. The lowest BCUT2D eigenvalue weighted by Crippen LogP contribution is -2.33. The lowest BCUT2D eigenvalue weighted by Gasteiger charge is -2.32. The molecule has 2 heterocycles. The third-order valence-electron chi connectivity index (χ3n) is 4.54. The molecule has 1 fully saturated rings. The number of hydrogen-bond donors (Lipinski definition) is 0. The van der Waals surface area contributed by atoms with Crippen LogP contribution in [0.2, 0.25) is 0 Å². The lowest BCUT2D eigenvalue weighted by molar-refractivity contribution is 0.165. The summed E-state index contributed by atoms with van der Waals surface area (Å²) < 4.78 is 2.44. The Hall–Kier alpha value is -1.35. The molecular formula is C18H27N3. The molecule has 1 aromatic heterocycles. The van der Waals surface area contributed by atoms with Crippen LogP contribution < -0.4 is 0 Å². The van der Waals surface area contributed by atoms with Gasteiger partial charge in [-0.05, 0) is 50.9 Å². The Bertz CT molecular complexity index is 594. The van der Waals surface area contributed by atoms with Crippen molar-refractivity contribution in [3.05, 3.63) is 30.1 Å². The topological polar surface area (TPSA) is 21.1 Å². The fraction of sp³-hybridized carbons (Fsp3) is 0.611. The first kappa shape index (κ1) is 14.6. The number of benzene rings is 1. The molecule has 0 radical (unpaired) electrons. The Labute approximate surface area is 128 Å². The number of piperidine rings is 1. The molecule has 0 bridgehead atoms. The normalized spacial score (nSPS) is 18.5. The maximum atomic E-state index is 4.96. The monoisotopic (exact) mass is 285 g/mol. The zero-order chi connectivity index (χ0) is 14.8. The predicted octanol–water partition coefficient (Wildman–Crippen LogP) is 4.24. The van der Waals surface area contributed by atoms with Crippen LogP contribution in [0.15, 0.2) is 24.3 Å². The Morgan fingerprint density at radius 2 is 1.76 bits per heavy atom. The van der Waals surface area contributed by atoms with Crippen molar-refractivity contribution >= 4 is 11.0 Å². The Kier molecular flexibility index (Phi) is 4.29. The van der Waals surface area contributed by atoms with Crippen LogP contribution in [0.3, 0.4) is 0 Å². The highest BCUT2D eigenvalue weighted by Gasteiger charge is 2.23. The van der Waals surface area contributed by atoms with Crippen LogP contribution in [0.4, 0.5) is 0 Å². The summed E-state index contributed by atoms with van der Waals surface area (Å²) in [6, 6.07) is 8.97. The number of likely N-dealkylation sites (tertiary alicyclic amines) is 1. The largest absolute Gasteiger partial charge is 0.326 e. The number of aromatic nitrogens is 2. The van der Waals surface area contributed by atoms with Gasteiger partial charge >= 0.3 is 0 Å². The molecule has 3 heteroatoms. The summed E-state index contributed by atoms with van der Waals surface area (Å²) in [4.78, 5) is 7.56. The van der Waals surface area contributed by atoms with Gasteiger partial charge < -0.3 is 4.57 Å². The van der Waals surface area contributed by atoms with E-state index in [9.17, 15) is 0 Å². The zero-order valence-corrected chi connectivity index (χ0v) is 13.5. The molecular weight excluding hydrogens is 258 g/mol. The quantitative estimate of drug-likeness (QED) is 0.838. The van der Waals surface area contributed by atoms with Crippen LogP contribution in [-0.2, 0) is 6.54 Å². The van der Waals surface area contributed by atoms with Gasteiger partial charge in [0.2, 0.25) is 0 Å². The van der Waals surface area contributed by atoms with E-state index in [-0.39, 0.29) is 0 Å². The second kappa shape index (κ2) is 6.18. The molecule has 1 aromatic carbocycles. The summed E-state index contributed by atoms with van der Waals surface area (Å²) in [5.74, 6) is 1.88.